The highest BCUT2D eigenvalue weighted by molar-refractivity contribution is 7.03. The maximum atomic E-state index is 10.00. The van der Waals surface area contributed by atoms with Gasteiger partial charge in [0, 0.05) is 5.38 Å². The van der Waals surface area contributed by atoms with Crippen LogP contribution in [0.1, 0.15) is 17.4 Å². The molecule has 2 rings (SSSR count). The molecule has 1 aromatic carbocycles. The first kappa shape index (κ1) is 11.3. The van der Waals surface area contributed by atoms with Crippen LogP contribution in [-0.4, -0.2) is 21.8 Å². The molecule has 0 aliphatic rings. The van der Waals surface area contributed by atoms with Crippen molar-refractivity contribution in [2.24, 2.45) is 0 Å². The zero-order chi connectivity index (χ0) is 11.5. The van der Waals surface area contributed by atoms with Crippen LogP contribution in [0.4, 0.5) is 0 Å². The quantitative estimate of drug-likeness (QED) is 0.915. The molecule has 0 aliphatic heterocycles. The summed E-state index contributed by atoms with van der Waals surface area (Å²) in [6, 6.07) is 5.10. The van der Waals surface area contributed by atoms with E-state index in [0.29, 0.717) is 22.0 Å². The molecule has 0 aliphatic carbocycles. The Morgan fingerprint density at radius 2 is 2.31 bits per heavy atom. The number of aromatic nitrogens is 2. The Morgan fingerprint density at radius 1 is 1.50 bits per heavy atom. The molecular weight excluding hydrogens is 248 g/mol. The van der Waals surface area contributed by atoms with Gasteiger partial charge in [0.05, 0.1) is 12.1 Å². The van der Waals surface area contributed by atoms with E-state index >= 15 is 0 Å². The summed E-state index contributed by atoms with van der Waals surface area (Å²) in [6.45, 7) is 0. The van der Waals surface area contributed by atoms with Crippen molar-refractivity contribution >= 4 is 23.1 Å². The minimum atomic E-state index is -0.801. The van der Waals surface area contributed by atoms with Crippen LogP contribution in [0.5, 0.6) is 5.75 Å². The Labute approximate surface area is 102 Å². The highest BCUT2D eigenvalue weighted by atomic mass is 35.5. The average molecular weight is 257 g/mol. The fraction of sp³-hybridized carbons (Fsp3) is 0.200. The monoisotopic (exact) mass is 256 g/mol. The lowest BCUT2D eigenvalue weighted by molar-refractivity contribution is 0.214. The first-order valence-corrected chi connectivity index (χ1v) is 5.72. The Hall–Kier alpha value is -1.17. The molecule has 0 amide bonds. The van der Waals surface area contributed by atoms with E-state index in [4.69, 9.17) is 16.3 Å². The maximum absolute atomic E-state index is 10.00. The van der Waals surface area contributed by atoms with E-state index in [1.54, 1.807) is 23.6 Å². The highest BCUT2D eigenvalue weighted by Gasteiger charge is 2.14. The fourth-order valence-electron chi connectivity index (χ4n) is 1.31. The molecular formula is C10H9ClN2O2S. The normalized spacial score (nSPS) is 12.4. The van der Waals surface area contributed by atoms with E-state index in [1.165, 1.54) is 18.6 Å². The van der Waals surface area contributed by atoms with Gasteiger partial charge in [-0.3, -0.25) is 0 Å². The third-order valence-electron chi connectivity index (χ3n) is 2.15. The van der Waals surface area contributed by atoms with Crippen LogP contribution in [0.25, 0.3) is 0 Å². The van der Waals surface area contributed by atoms with Gasteiger partial charge < -0.3 is 9.84 Å². The lowest BCUT2D eigenvalue weighted by Gasteiger charge is -2.10. The second kappa shape index (κ2) is 4.78. The lowest BCUT2D eigenvalue weighted by Crippen LogP contribution is -2.00. The Bertz CT molecular complexity index is 476. The van der Waals surface area contributed by atoms with Crippen LogP contribution in [0.3, 0.4) is 0 Å². The number of ether oxygens (including phenoxy) is 1. The summed E-state index contributed by atoms with van der Waals surface area (Å²) < 4.78 is 8.78. The first-order valence-electron chi connectivity index (χ1n) is 4.51. The second-order valence-electron chi connectivity index (χ2n) is 3.13. The van der Waals surface area contributed by atoms with Crippen LogP contribution in [-0.2, 0) is 0 Å². The largest absolute Gasteiger partial charge is 0.495 e. The van der Waals surface area contributed by atoms with Gasteiger partial charge in [-0.15, -0.1) is 5.10 Å². The smallest absolute Gasteiger partial charge is 0.137 e. The summed E-state index contributed by atoms with van der Waals surface area (Å²) in [5, 5.41) is 16.0. The third kappa shape index (κ3) is 2.16. The summed E-state index contributed by atoms with van der Waals surface area (Å²) in [5.41, 5.74) is 1.20. The van der Waals surface area contributed by atoms with Gasteiger partial charge in [0.1, 0.15) is 17.5 Å². The number of hydrogen-bond donors (Lipinski definition) is 1. The van der Waals surface area contributed by atoms with Crippen LogP contribution in [0.2, 0.25) is 5.02 Å². The summed E-state index contributed by atoms with van der Waals surface area (Å²) in [6.07, 6.45) is -0.801. The number of aliphatic hydroxyl groups excluding tert-OH is 1. The molecule has 4 nitrogen and oxygen atoms in total. The number of methoxy groups -OCH3 is 1. The van der Waals surface area contributed by atoms with Crippen LogP contribution in [0, 0.1) is 0 Å². The minimum absolute atomic E-state index is 0.509. The number of aliphatic hydroxyl groups is 1. The number of rotatable bonds is 3. The van der Waals surface area contributed by atoms with Crippen molar-refractivity contribution in [1.82, 2.24) is 9.59 Å². The summed E-state index contributed by atoms with van der Waals surface area (Å²) >= 11 is 7.09. The lowest BCUT2D eigenvalue weighted by atomic mass is 10.1. The van der Waals surface area contributed by atoms with Crippen molar-refractivity contribution in [3.8, 4) is 5.75 Å². The van der Waals surface area contributed by atoms with Crippen molar-refractivity contribution in [3.63, 3.8) is 0 Å². The van der Waals surface area contributed by atoms with Crippen molar-refractivity contribution in [3.05, 3.63) is 39.9 Å². The van der Waals surface area contributed by atoms with E-state index in [0.717, 1.165) is 0 Å². The van der Waals surface area contributed by atoms with E-state index in [2.05, 4.69) is 9.59 Å². The fourth-order valence-corrected chi connectivity index (χ4v) is 1.98. The van der Waals surface area contributed by atoms with E-state index in [1.807, 2.05) is 0 Å². The molecule has 1 unspecified atom stereocenters. The van der Waals surface area contributed by atoms with Gasteiger partial charge in [0.25, 0.3) is 0 Å². The van der Waals surface area contributed by atoms with Gasteiger partial charge in [0.2, 0.25) is 0 Å². The van der Waals surface area contributed by atoms with Gasteiger partial charge in [0.15, 0.2) is 0 Å². The molecule has 0 fully saturated rings. The molecule has 84 valence electrons. The molecule has 1 aromatic heterocycles. The van der Waals surface area contributed by atoms with Gasteiger partial charge in [-0.1, -0.05) is 22.2 Å². The van der Waals surface area contributed by atoms with E-state index < -0.39 is 6.10 Å². The standard InChI is InChI=1S/C10H9ClN2O2S/c1-15-9-4-6(2-3-7(9)11)10(14)8-5-16-13-12-8/h2-5,10,14H,1H3. The molecule has 1 heterocycles. The van der Waals surface area contributed by atoms with Crippen LogP contribution in [0.15, 0.2) is 23.6 Å². The van der Waals surface area contributed by atoms with Crippen LogP contribution < -0.4 is 4.74 Å². The number of hydrogen-bond acceptors (Lipinski definition) is 5. The zero-order valence-electron chi connectivity index (χ0n) is 8.42. The minimum Gasteiger partial charge on any atom is -0.495 e. The summed E-state index contributed by atoms with van der Waals surface area (Å²) in [5.74, 6) is 0.529. The van der Waals surface area contributed by atoms with E-state index in [-0.39, 0.29) is 0 Å². The first-order chi connectivity index (χ1) is 7.72. The zero-order valence-corrected chi connectivity index (χ0v) is 10.00. The molecule has 2 aromatic rings. The molecule has 0 saturated carbocycles. The Balaban J connectivity index is 2.34. The van der Waals surface area contributed by atoms with Gasteiger partial charge >= 0.3 is 0 Å². The number of benzene rings is 1. The van der Waals surface area contributed by atoms with Gasteiger partial charge in [-0.25, -0.2) is 0 Å². The molecule has 0 spiro atoms. The van der Waals surface area contributed by atoms with Crippen LogP contribution >= 0.6 is 23.1 Å². The molecule has 1 N–H and O–H groups in total. The maximum Gasteiger partial charge on any atom is 0.137 e. The van der Waals surface area contributed by atoms with Gasteiger partial charge in [-0.05, 0) is 29.2 Å². The second-order valence-corrected chi connectivity index (χ2v) is 4.14. The topological polar surface area (TPSA) is 55.2 Å². The molecule has 1 atom stereocenters. The molecule has 0 bridgehead atoms. The molecule has 16 heavy (non-hydrogen) atoms. The average Bonchev–Trinajstić information content (AvgIpc) is 2.82. The predicted octanol–water partition coefficient (Wildman–Crippen LogP) is 2.28. The van der Waals surface area contributed by atoms with Crippen molar-refractivity contribution in [2.45, 2.75) is 6.10 Å². The Kier molecular flexibility index (Phi) is 3.38. The van der Waals surface area contributed by atoms with E-state index in [9.17, 15) is 5.11 Å². The summed E-state index contributed by atoms with van der Waals surface area (Å²) in [4.78, 5) is 0. The highest BCUT2D eigenvalue weighted by Crippen LogP contribution is 2.29. The van der Waals surface area contributed by atoms with Crippen molar-refractivity contribution in [1.29, 1.82) is 0 Å². The third-order valence-corrected chi connectivity index (χ3v) is 2.98. The molecule has 6 heteroatoms. The Morgan fingerprint density at radius 3 is 2.94 bits per heavy atom. The van der Waals surface area contributed by atoms with Crippen molar-refractivity contribution < 1.29 is 9.84 Å². The number of nitrogens with zero attached hydrogens (tertiary/aromatic N) is 2. The predicted molar refractivity (Wildman–Crippen MR) is 62.0 cm³/mol. The number of halogens is 1. The summed E-state index contributed by atoms with van der Waals surface area (Å²) in [7, 11) is 1.53. The van der Waals surface area contributed by atoms with Gasteiger partial charge in [-0.2, -0.15) is 0 Å². The van der Waals surface area contributed by atoms with Crippen molar-refractivity contribution in [2.75, 3.05) is 7.11 Å². The molecule has 0 saturated heterocycles. The molecule has 0 radical (unpaired) electrons. The SMILES string of the molecule is COc1cc(C(O)c2csnn2)ccc1Cl.